The number of carbonyl (C=O) groups excluding carboxylic acids is 1. The number of rotatable bonds is 1. The van der Waals surface area contributed by atoms with Gasteiger partial charge in [-0.2, -0.15) is 18.3 Å². The van der Waals surface area contributed by atoms with Crippen molar-refractivity contribution >= 4 is 34.4 Å². The smallest absolute Gasteiger partial charge is 0.475 e. The first-order chi connectivity index (χ1) is 16.1. The van der Waals surface area contributed by atoms with Gasteiger partial charge in [0.25, 0.3) is 0 Å². The number of cyclic esters (lactones) is 1. The summed E-state index contributed by atoms with van der Waals surface area (Å²) in [5.41, 5.74) is 6.47. The molecule has 0 bridgehead atoms. The minimum atomic E-state index is -5.08. The van der Waals surface area contributed by atoms with Crippen LogP contribution in [0.5, 0.6) is 0 Å². The molecule has 34 heavy (non-hydrogen) atoms. The molecule has 0 radical (unpaired) electrons. The van der Waals surface area contributed by atoms with E-state index >= 15 is 0 Å². The monoisotopic (exact) mass is 474 g/mol. The number of nitrogens with one attached hydrogen (secondary N) is 1. The molecule has 9 nitrogen and oxygen atoms in total. The van der Waals surface area contributed by atoms with E-state index in [1.807, 2.05) is 30.3 Å². The van der Waals surface area contributed by atoms with Crippen LogP contribution in [0.25, 0.3) is 16.6 Å². The van der Waals surface area contributed by atoms with Crippen molar-refractivity contribution in [2.24, 2.45) is 5.10 Å². The number of carboxylic acid groups (broad SMARTS) is 1. The van der Waals surface area contributed by atoms with Crippen LogP contribution >= 0.6 is 0 Å². The maximum absolute atomic E-state index is 12.3. The zero-order valence-corrected chi connectivity index (χ0v) is 17.6. The lowest BCUT2D eigenvalue weighted by atomic mass is 9.82. The molecule has 4 aliphatic heterocycles. The molecule has 2 atom stereocenters. The van der Waals surface area contributed by atoms with Crippen molar-refractivity contribution in [3.63, 3.8) is 0 Å². The number of nitrogens with zero attached hydrogens (tertiary/aromatic N) is 3. The second-order valence-electron chi connectivity index (χ2n) is 7.97. The average molecular weight is 474 g/mol. The Bertz CT molecular complexity index is 1350. The Hall–Kier alpha value is -3.93. The van der Waals surface area contributed by atoms with Gasteiger partial charge in [-0.1, -0.05) is 25.1 Å². The summed E-state index contributed by atoms with van der Waals surface area (Å²) in [6.07, 6.45) is -3.11. The van der Waals surface area contributed by atoms with Gasteiger partial charge in [0.1, 0.15) is 12.8 Å². The van der Waals surface area contributed by atoms with E-state index in [-0.39, 0.29) is 19.2 Å². The molecule has 0 spiro atoms. The molecule has 12 heteroatoms. The van der Waals surface area contributed by atoms with Crippen LogP contribution in [0.4, 0.5) is 13.2 Å². The Balaban J connectivity index is 0.000000304. The molecule has 3 N–H and O–H groups in total. The number of aliphatic carboxylic acids is 1. The summed E-state index contributed by atoms with van der Waals surface area (Å²) in [5.74, 6) is -2.68. The third-order valence-electron chi connectivity index (χ3n) is 6.09. The number of ether oxygens (including phenoxy) is 1. The molecule has 4 aliphatic rings. The third-order valence-corrected chi connectivity index (χ3v) is 6.09. The number of aromatic nitrogens is 1. The molecule has 2 aromatic rings. The zero-order chi connectivity index (χ0) is 24.4. The Morgan fingerprint density at radius 1 is 1.35 bits per heavy atom. The quantitative estimate of drug-likeness (QED) is 0.539. The molecule has 1 aromatic carbocycles. The van der Waals surface area contributed by atoms with Crippen LogP contribution in [0.2, 0.25) is 0 Å². The molecule has 5 heterocycles. The number of hydrogen-bond donors (Lipinski definition) is 3. The Morgan fingerprint density at radius 3 is 2.74 bits per heavy atom. The van der Waals surface area contributed by atoms with E-state index in [1.54, 1.807) is 6.92 Å². The van der Waals surface area contributed by atoms with Gasteiger partial charge >= 0.3 is 18.1 Å². The van der Waals surface area contributed by atoms with Crippen molar-refractivity contribution in [1.29, 1.82) is 0 Å². The van der Waals surface area contributed by atoms with E-state index in [2.05, 4.69) is 21.5 Å². The first-order valence-corrected chi connectivity index (χ1v) is 10.2. The second-order valence-corrected chi connectivity index (χ2v) is 7.97. The number of amidine groups is 1. The number of para-hydroxylation sites is 1. The summed E-state index contributed by atoms with van der Waals surface area (Å²) in [4.78, 5) is 28.1. The molecule has 0 fully saturated rings. The predicted molar refractivity (Wildman–Crippen MR) is 112 cm³/mol. The molecule has 6 rings (SSSR count). The van der Waals surface area contributed by atoms with Crippen molar-refractivity contribution < 1.29 is 37.7 Å². The van der Waals surface area contributed by atoms with E-state index in [1.165, 1.54) is 0 Å². The Kier molecular flexibility index (Phi) is 4.69. The maximum Gasteiger partial charge on any atom is 0.490 e. The van der Waals surface area contributed by atoms with Gasteiger partial charge in [-0.15, -0.1) is 0 Å². The van der Waals surface area contributed by atoms with Crippen LogP contribution in [0.1, 0.15) is 30.8 Å². The molecule has 0 aliphatic carbocycles. The summed E-state index contributed by atoms with van der Waals surface area (Å²) in [6, 6.07) is 10.1. The molecular formula is C22H17F3N4O5. The highest BCUT2D eigenvalue weighted by Crippen LogP contribution is 2.49. The van der Waals surface area contributed by atoms with Crippen LogP contribution in [0.15, 0.2) is 52.7 Å². The number of pyridine rings is 1. The van der Waals surface area contributed by atoms with E-state index < -0.39 is 23.7 Å². The van der Waals surface area contributed by atoms with Gasteiger partial charge in [0.05, 0.1) is 16.9 Å². The van der Waals surface area contributed by atoms with Crippen molar-refractivity contribution in [3.8, 4) is 0 Å². The normalized spacial score (nSPS) is 24.2. The molecule has 0 saturated heterocycles. The first-order valence-electron chi connectivity index (χ1n) is 10.2. The van der Waals surface area contributed by atoms with E-state index in [0.29, 0.717) is 11.4 Å². The summed E-state index contributed by atoms with van der Waals surface area (Å²) >= 11 is 0. The number of carboxylic acids is 1. The number of halogens is 3. The Labute approximate surface area is 189 Å². The molecule has 0 amide bonds. The first kappa shape index (κ1) is 21.9. The lowest BCUT2D eigenvalue weighted by Crippen LogP contribution is -2.49. The van der Waals surface area contributed by atoms with Gasteiger partial charge in [-0.05, 0) is 24.6 Å². The highest BCUT2D eigenvalue weighted by atomic mass is 19.4. The van der Waals surface area contributed by atoms with E-state index in [0.717, 1.165) is 33.4 Å². The molecule has 1 unspecified atom stereocenters. The summed E-state index contributed by atoms with van der Waals surface area (Å²) in [6.45, 7) is 1.88. The van der Waals surface area contributed by atoms with Gasteiger partial charge in [0, 0.05) is 22.1 Å². The molecule has 176 valence electrons. The van der Waals surface area contributed by atoms with Crippen LogP contribution in [-0.4, -0.2) is 56.3 Å². The second kappa shape index (κ2) is 7.29. The van der Waals surface area contributed by atoms with Crippen molar-refractivity contribution in [1.82, 2.24) is 15.3 Å². The highest BCUT2D eigenvalue weighted by Gasteiger charge is 2.52. The van der Waals surface area contributed by atoms with Gasteiger partial charge in [-0.25, -0.2) is 14.6 Å². The average Bonchev–Trinajstić information content (AvgIpc) is 3.37. The topological polar surface area (TPSA) is 124 Å². The number of esters is 1. The summed E-state index contributed by atoms with van der Waals surface area (Å²) in [7, 11) is 0. The fraction of sp³-hybridized carbons (Fsp3) is 0.273. The van der Waals surface area contributed by atoms with Crippen molar-refractivity contribution in [3.05, 3.63) is 58.8 Å². The van der Waals surface area contributed by atoms with Crippen LogP contribution < -0.4 is 5.43 Å². The van der Waals surface area contributed by atoms with Crippen molar-refractivity contribution in [2.45, 2.75) is 31.3 Å². The van der Waals surface area contributed by atoms with Gasteiger partial charge in [0.15, 0.2) is 11.4 Å². The molecule has 1 aromatic heterocycles. The standard InChI is InChI=1S/C20H16N4O3.C2HF3O2/c1-2-20(26)13-8-15-16-11(7-10-5-3-4-6-14(10)21-16)17-22-23-18(24(15)17)12(13)9-27-19(20)25;3-2(4,5)1(6)7/h3-8,17,22,26H,2,9H2,1H3;(H,6,7)/t17?,20-;/m0./s1. The number of carbonyl (C=O) groups is 2. The van der Waals surface area contributed by atoms with Gasteiger partial charge < -0.3 is 14.9 Å². The fourth-order valence-electron chi connectivity index (χ4n) is 4.39. The van der Waals surface area contributed by atoms with Crippen LogP contribution in [0.3, 0.4) is 0 Å². The number of hydrazone groups is 1. The SMILES string of the molecule is CC[C@@]1(O)C(=O)OCC2=C1C=C1c3nc4ccccc4cc3C3NN=C2N13.O=C(O)C(F)(F)F. The minimum absolute atomic E-state index is 0.107. The van der Waals surface area contributed by atoms with Gasteiger partial charge in [-0.3, -0.25) is 10.3 Å². The minimum Gasteiger partial charge on any atom is -0.475 e. The van der Waals surface area contributed by atoms with Crippen LogP contribution in [-0.2, 0) is 14.3 Å². The third kappa shape index (κ3) is 3.05. The number of fused-ring (bicyclic) bond motifs is 5. The largest absolute Gasteiger partial charge is 0.490 e. The fourth-order valence-corrected chi connectivity index (χ4v) is 4.39. The molecular weight excluding hydrogens is 457 g/mol. The summed E-state index contributed by atoms with van der Waals surface area (Å²) < 4.78 is 37.0. The number of alkyl halides is 3. The summed E-state index contributed by atoms with van der Waals surface area (Å²) in [5, 5.41) is 23.7. The van der Waals surface area contributed by atoms with E-state index in [9.17, 15) is 23.1 Å². The Morgan fingerprint density at radius 2 is 2.06 bits per heavy atom. The number of hydrogen-bond acceptors (Lipinski definition) is 8. The number of aliphatic hydroxyl groups is 1. The zero-order valence-electron chi connectivity index (χ0n) is 17.6. The lowest BCUT2D eigenvalue weighted by Gasteiger charge is -2.37. The van der Waals surface area contributed by atoms with Crippen molar-refractivity contribution in [2.75, 3.05) is 6.61 Å². The maximum atomic E-state index is 12.3. The van der Waals surface area contributed by atoms with Crippen LogP contribution in [0, 0.1) is 0 Å². The van der Waals surface area contributed by atoms with E-state index in [4.69, 9.17) is 19.6 Å². The predicted octanol–water partition coefficient (Wildman–Crippen LogP) is 2.45. The highest BCUT2D eigenvalue weighted by molar-refractivity contribution is 6.11. The van der Waals surface area contributed by atoms with Gasteiger partial charge in [0.2, 0.25) is 0 Å². The lowest BCUT2D eigenvalue weighted by molar-refractivity contribution is -0.192. The number of benzene rings is 1. The molecule has 0 saturated carbocycles.